The van der Waals surface area contributed by atoms with Crippen molar-refractivity contribution < 1.29 is 17.9 Å². The second-order valence-corrected chi connectivity index (χ2v) is 6.61. The summed E-state index contributed by atoms with van der Waals surface area (Å²) in [6.45, 7) is 8.21. The molecular formula is C20H30F3IN6O. The van der Waals surface area contributed by atoms with Gasteiger partial charge in [0.2, 0.25) is 0 Å². The number of nitrogens with one attached hydrogen (secondary N) is 2. The average molecular weight is 554 g/mol. The minimum atomic E-state index is -4.40. The second-order valence-electron chi connectivity index (χ2n) is 6.61. The van der Waals surface area contributed by atoms with Crippen LogP contribution in [0.2, 0.25) is 0 Å². The van der Waals surface area contributed by atoms with Crippen molar-refractivity contribution in [3.8, 4) is 5.75 Å². The Kier molecular flexibility index (Phi) is 11.6. The van der Waals surface area contributed by atoms with E-state index in [0.717, 1.165) is 24.4 Å². The molecule has 11 heteroatoms. The third-order valence-electron chi connectivity index (χ3n) is 4.37. The zero-order valence-corrected chi connectivity index (χ0v) is 20.3. The van der Waals surface area contributed by atoms with Crippen LogP contribution in [0.4, 0.5) is 13.2 Å². The number of alkyl halides is 3. The molecule has 0 spiro atoms. The van der Waals surface area contributed by atoms with Gasteiger partial charge in [-0.3, -0.25) is 0 Å². The maximum atomic E-state index is 12.9. The van der Waals surface area contributed by atoms with Crippen molar-refractivity contribution in [2.45, 2.75) is 52.4 Å². The first-order valence-corrected chi connectivity index (χ1v) is 10.1. The molecule has 0 bridgehead atoms. The molecule has 0 saturated heterocycles. The van der Waals surface area contributed by atoms with Crippen molar-refractivity contribution >= 4 is 29.9 Å². The van der Waals surface area contributed by atoms with Gasteiger partial charge in [0.25, 0.3) is 0 Å². The smallest absolute Gasteiger partial charge is 0.416 e. The highest BCUT2D eigenvalue weighted by Crippen LogP contribution is 2.31. The van der Waals surface area contributed by atoms with Crippen LogP contribution in [0.15, 0.2) is 35.6 Å². The summed E-state index contributed by atoms with van der Waals surface area (Å²) in [6, 6.07) is 4.91. The van der Waals surface area contributed by atoms with Gasteiger partial charge >= 0.3 is 6.18 Å². The van der Waals surface area contributed by atoms with Crippen LogP contribution in [0, 0.1) is 0 Å². The third kappa shape index (κ3) is 8.91. The highest BCUT2D eigenvalue weighted by atomic mass is 127. The predicted molar refractivity (Wildman–Crippen MR) is 125 cm³/mol. The van der Waals surface area contributed by atoms with Crippen molar-refractivity contribution in [3.63, 3.8) is 0 Å². The van der Waals surface area contributed by atoms with Crippen molar-refractivity contribution in [1.82, 2.24) is 25.4 Å². The molecule has 0 radical (unpaired) electrons. The van der Waals surface area contributed by atoms with Crippen molar-refractivity contribution in [2.75, 3.05) is 19.6 Å². The molecule has 7 nitrogen and oxygen atoms in total. The Balaban J connectivity index is 0.00000480. The number of halogens is 4. The zero-order chi connectivity index (χ0) is 22.0. The molecule has 0 saturated carbocycles. The van der Waals surface area contributed by atoms with Gasteiger partial charge < -0.3 is 19.9 Å². The summed E-state index contributed by atoms with van der Waals surface area (Å²) in [5.74, 6) is 1.72. The number of hydrogen-bond donors (Lipinski definition) is 2. The number of aryl methyl sites for hydroxylation is 1. The van der Waals surface area contributed by atoms with E-state index in [-0.39, 0.29) is 35.8 Å². The summed E-state index contributed by atoms with van der Waals surface area (Å²) in [5, 5.41) is 14.4. The zero-order valence-electron chi connectivity index (χ0n) is 17.9. The molecule has 174 valence electrons. The van der Waals surface area contributed by atoms with Gasteiger partial charge in [0.05, 0.1) is 12.1 Å². The molecule has 1 unspecified atom stereocenters. The van der Waals surface area contributed by atoms with Crippen LogP contribution in [-0.2, 0) is 19.1 Å². The second kappa shape index (κ2) is 13.4. The summed E-state index contributed by atoms with van der Waals surface area (Å²) in [6.07, 6.45) is -1.63. The van der Waals surface area contributed by atoms with Crippen molar-refractivity contribution in [1.29, 1.82) is 0 Å². The lowest BCUT2D eigenvalue weighted by Gasteiger charge is -2.18. The number of ether oxygens (including phenoxy) is 1. The van der Waals surface area contributed by atoms with Gasteiger partial charge in [-0.25, -0.2) is 4.99 Å². The molecule has 2 N–H and O–H groups in total. The minimum absolute atomic E-state index is 0. The van der Waals surface area contributed by atoms with E-state index in [1.165, 1.54) is 12.1 Å². The van der Waals surface area contributed by atoms with Crippen molar-refractivity contribution in [2.24, 2.45) is 4.99 Å². The van der Waals surface area contributed by atoms with Crippen LogP contribution in [0.1, 0.15) is 38.6 Å². The highest BCUT2D eigenvalue weighted by Gasteiger charge is 2.30. The molecular weight excluding hydrogens is 524 g/mol. The standard InChI is InChI=1S/C20H29F3N6O.HI/c1-4-16(30-17-9-7-8-15(12-17)20(21,22)23)13-26-19(24-6-3)25-10-11-29-14-27-28-18(29)5-2;/h7-9,12,14,16H,4-6,10-11,13H2,1-3H3,(H2,24,25,26);1H. The third-order valence-corrected chi connectivity index (χ3v) is 4.37. The van der Waals surface area contributed by atoms with Crippen LogP contribution >= 0.6 is 24.0 Å². The molecule has 1 heterocycles. The van der Waals surface area contributed by atoms with Crippen molar-refractivity contribution in [3.05, 3.63) is 42.0 Å². The quantitative estimate of drug-likeness (QED) is 0.265. The van der Waals surface area contributed by atoms with Gasteiger partial charge in [-0.05, 0) is 31.5 Å². The Hall–Kier alpha value is -2.05. The fraction of sp³-hybridized carbons (Fsp3) is 0.550. The van der Waals surface area contributed by atoms with Crippen LogP contribution in [0.25, 0.3) is 0 Å². The number of rotatable bonds is 10. The molecule has 1 atom stereocenters. The minimum Gasteiger partial charge on any atom is -0.488 e. The first kappa shape index (κ1) is 27.0. The van der Waals surface area contributed by atoms with E-state index >= 15 is 0 Å². The Labute approximate surface area is 197 Å². The van der Waals surface area contributed by atoms with E-state index in [1.807, 2.05) is 25.3 Å². The fourth-order valence-electron chi connectivity index (χ4n) is 2.76. The molecule has 0 fully saturated rings. The van der Waals surface area contributed by atoms with Crippen LogP contribution < -0.4 is 15.4 Å². The SMILES string of the molecule is CCNC(=NCC(CC)Oc1cccc(C(F)(F)F)c1)NCCn1cnnc1CC.I. The maximum Gasteiger partial charge on any atom is 0.416 e. The first-order chi connectivity index (χ1) is 14.4. The van der Waals surface area contributed by atoms with Gasteiger partial charge in [0.15, 0.2) is 5.96 Å². The predicted octanol–water partition coefficient (Wildman–Crippen LogP) is 3.89. The lowest BCUT2D eigenvalue weighted by Crippen LogP contribution is -2.39. The number of aliphatic imine (C=N–C) groups is 1. The summed E-state index contributed by atoms with van der Waals surface area (Å²) < 4.78 is 46.4. The molecule has 0 aliphatic heterocycles. The Morgan fingerprint density at radius 2 is 2.00 bits per heavy atom. The number of hydrogen-bond acceptors (Lipinski definition) is 4. The fourth-order valence-corrected chi connectivity index (χ4v) is 2.76. The molecule has 0 amide bonds. The molecule has 31 heavy (non-hydrogen) atoms. The summed E-state index contributed by atoms with van der Waals surface area (Å²) in [5.41, 5.74) is -0.728. The average Bonchev–Trinajstić information content (AvgIpc) is 3.18. The van der Waals surface area contributed by atoms with Gasteiger partial charge in [0.1, 0.15) is 24.0 Å². The Bertz CT molecular complexity index is 812. The molecule has 0 aliphatic carbocycles. The van der Waals surface area contributed by atoms with Gasteiger partial charge in [-0.1, -0.05) is 19.9 Å². The van der Waals surface area contributed by atoms with Gasteiger partial charge in [-0.15, -0.1) is 34.2 Å². The monoisotopic (exact) mass is 554 g/mol. The van der Waals surface area contributed by atoms with Crippen LogP contribution in [-0.4, -0.2) is 46.5 Å². The van der Waals surface area contributed by atoms with Crippen LogP contribution in [0.5, 0.6) is 5.75 Å². The van der Waals surface area contributed by atoms with Crippen LogP contribution in [0.3, 0.4) is 0 Å². The molecule has 2 aromatic rings. The lowest BCUT2D eigenvalue weighted by molar-refractivity contribution is -0.137. The molecule has 1 aromatic carbocycles. The number of benzene rings is 1. The van der Waals surface area contributed by atoms with E-state index in [4.69, 9.17) is 4.74 Å². The highest BCUT2D eigenvalue weighted by molar-refractivity contribution is 14.0. The number of aromatic nitrogens is 3. The normalized spacial score (nSPS) is 12.8. The largest absolute Gasteiger partial charge is 0.488 e. The summed E-state index contributed by atoms with van der Waals surface area (Å²) in [7, 11) is 0. The van der Waals surface area contributed by atoms with Gasteiger partial charge in [-0.2, -0.15) is 13.2 Å². The first-order valence-electron chi connectivity index (χ1n) is 10.1. The Morgan fingerprint density at radius 3 is 2.65 bits per heavy atom. The lowest BCUT2D eigenvalue weighted by atomic mass is 10.2. The number of guanidine groups is 1. The summed E-state index contributed by atoms with van der Waals surface area (Å²) >= 11 is 0. The summed E-state index contributed by atoms with van der Waals surface area (Å²) in [4.78, 5) is 4.52. The molecule has 1 aromatic heterocycles. The van der Waals surface area contributed by atoms with E-state index in [1.54, 1.807) is 6.33 Å². The van der Waals surface area contributed by atoms with E-state index in [9.17, 15) is 13.2 Å². The van der Waals surface area contributed by atoms with Gasteiger partial charge in [0, 0.05) is 26.1 Å². The van der Waals surface area contributed by atoms with E-state index in [2.05, 4.69) is 25.8 Å². The van der Waals surface area contributed by atoms with E-state index in [0.29, 0.717) is 38.6 Å². The Morgan fingerprint density at radius 1 is 1.23 bits per heavy atom. The number of nitrogens with zero attached hydrogens (tertiary/aromatic N) is 4. The topological polar surface area (TPSA) is 76.4 Å². The molecule has 0 aliphatic rings. The maximum absolute atomic E-state index is 12.9. The van der Waals surface area contributed by atoms with E-state index < -0.39 is 11.7 Å². The molecule has 2 rings (SSSR count).